The maximum Gasteiger partial charge on any atom is 0.253 e. The Morgan fingerprint density at radius 3 is 2.42 bits per heavy atom. The molecule has 0 radical (unpaired) electrons. The second kappa shape index (κ2) is 15.5. The molecule has 0 spiro atoms. The molecule has 3 rings (SSSR count). The maximum atomic E-state index is 13.1. The molecule has 0 aromatic heterocycles. The van der Waals surface area contributed by atoms with Gasteiger partial charge < -0.3 is 20.2 Å². The topological polar surface area (TPSA) is 72.9 Å². The highest BCUT2D eigenvalue weighted by molar-refractivity contribution is 5.95. The van der Waals surface area contributed by atoms with Crippen molar-refractivity contribution < 1.29 is 37.4 Å². The summed E-state index contributed by atoms with van der Waals surface area (Å²) in [6, 6.07) is 9.22. The van der Waals surface area contributed by atoms with E-state index in [0.29, 0.717) is 30.1 Å². The number of aliphatic hydroxyl groups excluding tert-OH is 1. The average molecular weight is 516 g/mol. The van der Waals surface area contributed by atoms with Gasteiger partial charge in [-0.1, -0.05) is 12.6 Å². The van der Waals surface area contributed by atoms with Crippen LogP contribution in [0.1, 0.15) is 32.7 Å². The SMILES string of the molecule is C=c1ccc(C(=O)NCCO)c(C)/c1=C/N(C)CC1CCN(C(=O)c2ccc(F)cc2)C1.FF.FF. The fourth-order valence-corrected chi connectivity index (χ4v) is 4.10. The van der Waals surface area contributed by atoms with Crippen LogP contribution in [0.3, 0.4) is 0 Å². The number of carbonyl (C=O) groups is 2. The average Bonchev–Trinajstić information content (AvgIpc) is 3.36. The Bertz CT molecular complexity index is 1100. The van der Waals surface area contributed by atoms with Crippen molar-refractivity contribution in [2.24, 2.45) is 5.92 Å². The summed E-state index contributed by atoms with van der Waals surface area (Å²) in [5.74, 6) is -0.338. The molecule has 1 heterocycles. The number of likely N-dealkylation sites (tertiary alicyclic amines) is 1. The van der Waals surface area contributed by atoms with Gasteiger partial charge >= 0.3 is 0 Å². The zero-order chi connectivity index (χ0) is 27.3. The van der Waals surface area contributed by atoms with Crippen LogP contribution < -0.4 is 15.8 Å². The van der Waals surface area contributed by atoms with Crippen molar-refractivity contribution in [1.29, 1.82) is 0 Å². The number of hydrogen-bond donors (Lipinski definition) is 2. The normalized spacial score (nSPS) is 14.8. The minimum Gasteiger partial charge on any atom is -0.395 e. The van der Waals surface area contributed by atoms with Gasteiger partial charge in [-0.25, -0.2) is 4.39 Å². The van der Waals surface area contributed by atoms with Crippen LogP contribution in [0.5, 0.6) is 0 Å². The van der Waals surface area contributed by atoms with Gasteiger partial charge in [0.1, 0.15) is 5.82 Å². The third-order valence-electron chi connectivity index (χ3n) is 5.81. The van der Waals surface area contributed by atoms with Gasteiger partial charge in [0.05, 0.1) is 6.61 Å². The summed E-state index contributed by atoms with van der Waals surface area (Å²) in [7, 11) is 1.97. The third-order valence-corrected chi connectivity index (χ3v) is 5.81. The van der Waals surface area contributed by atoms with Crippen LogP contribution in [0.2, 0.25) is 0 Å². The Morgan fingerprint density at radius 1 is 1.17 bits per heavy atom. The van der Waals surface area contributed by atoms with Crippen LogP contribution in [0.15, 0.2) is 36.4 Å². The van der Waals surface area contributed by atoms with Crippen molar-refractivity contribution in [3.63, 3.8) is 0 Å². The summed E-state index contributed by atoms with van der Waals surface area (Å²) < 4.78 is 45.1. The molecule has 198 valence electrons. The Hall–Kier alpha value is -3.47. The van der Waals surface area contributed by atoms with E-state index in [1.54, 1.807) is 6.07 Å². The van der Waals surface area contributed by atoms with Crippen LogP contribution in [0, 0.1) is 18.7 Å². The molecule has 0 bridgehead atoms. The largest absolute Gasteiger partial charge is 0.395 e. The van der Waals surface area contributed by atoms with Crippen LogP contribution in [0.4, 0.5) is 22.7 Å². The summed E-state index contributed by atoms with van der Waals surface area (Å²) >= 11 is 0. The van der Waals surface area contributed by atoms with Crippen LogP contribution in [-0.2, 0) is 0 Å². The summed E-state index contributed by atoms with van der Waals surface area (Å²) in [6.45, 7) is 8.16. The van der Waals surface area contributed by atoms with Gasteiger partial charge in [0, 0.05) is 74.1 Å². The first-order chi connectivity index (χ1) is 17.3. The van der Waals surface area contributed by atoms with E-state index in [1.165, 1.54) is 24.3 Å². The highest BCUT2D eigenvalue weighted by Crippen LogP contribution is 2.20. The molecule has 2 aromatic rings. The minimum absolute atomic E-state index is 0.0726. The molecule has 1 saturated heterocycles. The number of nitrogens with one attached hydrogen (secondary N) is 1. The van der Waals surface area contributed by atoms with E-state index >= 15 is 0 Å². The lowest BCUT2D eigenvalue weighted by molar-refractivity contribution is 0.0785. The summed E-state index contributed by atoms with van der Waals surface area (Å²) in [5, 5.41) is 13.3. The molecule has 2 amide bonds. The minimum atomic E-state index is -0.354. The molecule has 1 fully saturated rings. The molecule has 1 atom stereocenters. The van der Waals surface area contributed by atoms with Gasteiger partial charge in [-0.05, 0) is 60.4 Å². The van der Waals surface area contributed by atoms with E-state index in [1.807, 2.05) is 31.1 Å². The smallest absolute Gasteiger partial charge is 0.253 e. The number of halogens is 5. The zero-order valence-electron chi connectivity index (χ0n) is 20.1. The van der Waals surface area contributed by atoms with Gasteiger partial charge in [0.15, 0.2) is 0 Å². The number of nitrogens with zero attached hydrogens (tertiary/aromatic N) is 2. The van der Waals surface area contributed by atoms with Gasteiger partial charge in [-0.2, -0.15) is 0 Å². The molecule has 0 saturated carbocycles. The van der Waals surface area contributed by atoms with Crippen molar-refractivity contribution in [3.05, 3.63) is 69.3 Å². The van der Waals surface area contributed by atoms with Crippen LogP contribution >= 0.6 is 0 Å². The van der Waals surface area contributed by atoms with E-state index in [9.17, 15) is 14.0 Å². The van der Waals surface area contributed by atoms with E-state index < -0.39 is 0 Å². The first kappa shape index (κ1) is 30.6. The molecule has 1 aliphatic rings. The van der Waals surface area contributed by atoms with Crippen LogP contribution in [0.25, 0.3) is 12.8 Å². The number of hydrogen-bond acceptors (Lipinski definition) is 4. The zero-order valence-corrected chi connectivity index (χ0v) is 20.1. The Labute approximate surface area is 206 Å². The number of aliphatic hydroxyl groups is 1. The second-order valence-electron chi connectivity index (χ2n) is 8.27. The predicted molar refractivity (Wildman–Crippen MR) is 127 cm³/mol. The Balaban J connectivity index is 0.00000154. The van der Waals surface area contributed by atoms with Gasteiger partial charge in [-0.15, -0.1) is 0 Å². The summed E-state index contributed by atoms with van der Waals surface area (Å²) in [5.41, 5.74) is 1.89. The van der Waals surface area contributed by atoms with E-state index in [2.05, 4.69) is 16.8 Å². The fourth-order valence-electron chi connectivity index (χ4n) is 4.10. The highest BCUT2D eigenvalue weighted by atomic mass is 20.0. The first-order valence-corrected chi connectivity index (χ1v) is 11.0. The monoisotopic (exact) mass is 515 g/mol. The molecule has 36 heavy (non-hydrogen) atoms. The van der Waals surface area contributed by atoms with Crippen molar-refractivity contribution in [1.82, 2.24) is 15.1 Å². The first-order valence-electron chi connectivity index (χ1n) is 11.0. The van der Waals surface area contributed by atoms with Gasteiger partial charge in [0.25, 0.3) is 11.8 Å². The van der Waals surface area contributed by atoms with E-state index in [4.69, 9.17) is 23.4 Å². The predicted octanol–water partition coefficient (Wildman–Crippen LogP) is 2.78. The number of amides is 2. The molecule has 6 nitrogen and oxygen atoms in total. The van der Waals surface area contributed by atoms with Crippen molar-refractivity contribution in [3.8, 4) is 0 Å². The molecule has 1 aliphatic heterocycles. The Kier molecular flexibility index (Phi) is 13.2. The summed E-state index contributed by atoms with van der Waals surface area (Å²) in [4.78, 5) is 28.9. The van der Waals surface area contributed by atoms with Crippen molar-refractivity contribution in [2.45, 2.75) is 13.3 Å². The molecular formula is C25H30F5N3O3. The van der Waals surface area contributed by atoms with E-state index in [0.717, 1.165) is 29.0 Å². The van der Waals surface area contributed by atoms with Gasteiger partial charge in [0.2, 0.25) is 0 Å². The van der Waals surface area contributed by atoms with Crippen molar-refractivity contribution in [2.75, 3.05) is 39.8 Å². The lowest BCUT2D eigenvalue weighted by Crippen LogP contribution is -2.35. The lowest BCUT2D eigenvalue weighted by atomic mass is 10.0. The second-order valence-corrected chi connectivity index (χ2v) is 8.27. The lowest BCUT2D eigenvalue weighted by Gasteiger charge is -2.21. The molecule has 2 N–H and O–H groups in total. The molecular weight excluding hydrogens is 485 g/mol. The molecule has 11 heteroatoms. The van der Waals surface area contributed by atoms with Crippen molar-refractivity contribution >= 4 is 24.6 Å². The molecule has 2 aromatic carbocycles. The van der Waals surface area contributed by atoms with Crippen LogP contribution in [-0.4, -0.2) is 66.6 Å². The summed E-state index contributed by atoms with van der Waals surface area (Å²) in [6.07, 6.45) is 2.88. The quantitative estimate of drug-likeness (QED) is 0.557. The fraction of sp³-hybridized carbons (Fsp3) is 0.360. The Morgan fingerprint density at radius 2 is 1.81 bits per heavy atom. The number of carbonyl (C=O) groups excluding carboxylic acids is 2. The standard InChI is InChI=1S/C25H30FN3O3.2F2/c1-17-4-9-22(24(31)27-11-13-30)18(2)23(17)16-28(3)14-19-10-12-29(15-19)25(32)20-5-7-21(26)8-6-20;2*1-2/h4-9,16,19,30H,1,10-15H2,2-3H3,(H,27,31);;/b23-16+;;. The highest BCUT2D eigenvalue weighted by Gasteiger charge is 2.27. The molecule has 1 unspecified atom stereocenters. The molecule has 0 aliphatic carbocycles. The number of benzene rings is 2. The van der Waals surface area contributed by atoms with E-state index in [-0.39, 0.29) is 30.8 Å². The maximum absolute atomic E-state index is 13.1. The number of rotatable bonds is 7. The van der Waals surface area contributed by atoms with Gasteiger partial charge in [-0.3, -0.25) is 9.59 Å². The third kappa shape index (κ3) is 8.33.